The van der Waals surface area contributed by atoms with Gasteiger partial charge in [0.15, 0.2) is 0 Å². The smallest absolute Gasteiger partial charge is 0.257 e. The van der Waals surface area contributed by atoms with Crippen LogP contribution in [0.3, 0.4) is 0 Å². The summed E-state index contributed by atoms with van der Waals surface area (Å²) in [4.78, 5) is 0. The van der Waals surface area contributed by atoms with E-state index in [1.165, 1.54) is 4.68 Å². The van der Waals surface area contributed by atoms with E-state index in [1.807, 2.05) is 24.3 Å². The highest BCUT2D eigenvalue weighted by Crippen LogP contribution is 2.11. The Morgan fingerprint density at radius 1 is 1.20 bits per heavy atom. The largest absolute Gasteiger partial charge is 0.497 e. The van der Waals surface area contributed by atoms with Crippen LogP contribution in [-0.2, 0) is 19.6 Å². The Morgan fingerprint density at radius 3 is 2.55 bits per heavy atom. The molecule has 1 aromatic carbocycles. The highest BCUT2D eigenvalue weighted by atomic mass is 19.3. The normalized spacial score (nSPS) is 11.0. The predicted octanol–water partition coefficient (Wildman–Crippen LogP) is 2.45. The van der Waals surface area contributed by atoms with E-state index in [-0.39, 0.29) is 6.54 Å². The molecular formula is C14H17F2N3O. The first-order valence-corrected chi connectivity index (χ1v) is 6.30. The number of aromatic nitrogens is 2. The maximum absolute atomic E-state index is 12.2. The fraction of sp³-hybridized carbons (Fsp3) is 0.357. The van der Waals surface area contributed by atoms with Gasteiger partial charge in [0.2, 0.25) is 0 Å². The number of nitrogens with zero attached hydrogens (tertiary/aromatic N) is 2. The van der Waals surface area contributed by atoms with Crippen molar-refractivity contribution >= 4 is 0 Å². The average Bonchev–Trinajstić information content (AvgIpc) is 2.86. The van der Waals surface area contributed by atoms with Crippen molar-refractivity contribution in [2.45, 2.75) is 26.1 Å². The van der Waals surface area contributed by atoms with Gasteiger partial charge in [-0.1, -0.05) is 12.1 Å². The third-order valence-electron chi connectivity index (χ3n) is 2.83. The number of alkyl halides is 2. The standard InChI is InChI=1S/C14H17F2N3O/c1-20-13-4-2-11(3-5-13)6-17-7-12-8-18-19(9-12)10-14(15)16/h2-5,8-9,14,17H,6-7,10H2,1H3. The second-order valence-electron chi connectivity index (χ2n) is 4.41. The zero-order valence-electron chi connectivity index (χ0n) is 11.2. The van der Waals surface area contributed by atoms with Crippen LogP contribution in [0.25, 0.3) is 0 Å². The number of methoxy groups -OCH3 is 1. The topological polar surface area (TPSA) is 39.1 Å². The van der Waals surface area contributed by atoms with Crippen LogP contribution in [0.15, 0.2) is 36.7 Å². The lowest BCUT2D eigenvalue weighted by Gasteiger charge is -2.05. The van der Waals surface area contributed by atoms with Crippen molar-refractivity contribution in [3.63, 3.8) is 0 Å². The van der Waals surface area contributed by atoms with Gasteiger partial charge in [-0.25, -0.2) is 8.78 Å². The van der Waals surface area contributed by atoms with Crippen LogP contribution in [0.4, 0.5) is 8.78 Å². The van der Waals surface area contributed by atoms with Gasteiger partial charge in [0.25, 0.3) is 6.43 Å². The maximum Gasteiger partial charge on any atom is 0.257 e. The van der Waals surface area contributed by atoms with E-state index < -0.39 is 6.43 Å². The minimum Gasteiger partial charge on any atom is -0.497 e. The third kappa shape index (κ3) is 4.31. The third-order valence-corrected chi connectivity index (χ3v) is 2.83. The fourth-order valence-corrected chi connectivity index (χ4v) is 1.83. The molecule has 1 heterocycles. The number of rotatable bonds is 7. The van der Waals surface area contributed by atoms with Gasteiger partial charge in [0.05, 0.1) is 13.3 Å². The molecule has 0 saturated heterocycles. The molecule has 0 radical (unpaired) electrons. The lowest BCUT2D eigenvalue weighted by Crippen LogP contribution is -2.12. The summed E-state index contributed by atoms with van der Waals surface area (Å²) in [6, 6.07) is 7.76. The van der Waals surface area contributed by atoms with Gasteiger partial charge < -0.3 is 10.1 Å². The number of hydrogen-bond donors (Lipinski definition) is 1. The van der Waals surface area contributed by atoms with Crippen molar-refractivity contribution in [3.8, 4) is 5.75 Å². The summed E-state index contributed by atoms with van der Waals surface area (Å²) < 4.78 is 30.7. The number of halogens is 2. The molecule has 2 rings (SSSR count). The Morgan fingerprint density at radius 2 is 1.90 bits per heavy atom. The summed E-state index contributed by atoms with van der Waals surface area (Å²) in [5.74, 6) is 0.821. The molecule has 0 amide bonds. The van der Waals surface area contributed by atoms with E-state index in [4.69, 9.17) is 4.74 Å². The molecule has 0 fully saturated rings. The lowest BCUT2D eigenvalue weighted by molar-refractivity contribution is 0.122. The number of nitrogens with one attached hydrogen (secondary N) is 1. The number of hydrogen-bond acceptors (Lipinski definition) is 3. The lowest BCUT2D eigenvalue weighted by atomic mass is 10.2. The number of benzene rings is 1. The minimum atomic E-state index is -2.38. The van der Waals surface area contributed by atoms with Crippen LogP contribution in [0.2, 0.25) is 0 Å². The summed E-state index contributed by atoms with van der Waals surface area (Å²) in [5, 5.41) is 7.13. The maximum atomic E-state index is 12.2. The molecule has 0 aliphatic heterocycles. The van der Waals surface area contributed by atoms with Crippen LogP contribution in [0.1, 0.15) is 11.1 Å². The molecule has 0 saturated carbocycles. The van der Waals surface area contributed by atoms with Crippen molar-refractivity contribution < 1.29 is 13.5 Å². The Kier molecular flexibility index (Phi) is 5.06. The zero-order valence-corrected chi connectivity index (χ0v) is 11.2. The van der Waals surface area contributed by atoms with Gasteiger partial charge in [-0.3, -0.25) is 4.68 Å². The second kappa shape index (κ2) is 7.00. The van der Waals surface area contributed by atoms with E-state index in [9.17, 15) is 8.78 Å². The highest BCUT2D eigenvalue weighted by Gasteiger charge is 2.05. The van der Waals surface area contributed by atoms with Crippen LogP contribution >= 0.6 is 0 Å². The van der Waals surface area contributed by atoms with E-state index in [1.54, 1.807) is 19.5 Å². The monoisotopic (exact) mass is 281 g/mol. The number of ether oxygens (including phenoxy) is 1. The molecule has 20 heavy (non-hydrogen) atoms. The van der Waals surface area contributed by atoms with Crippen LogP contribution in [0, 0.1) is 0 Å². The fourth-order valence-electron chi connectivity index (χ4n) is 1.83. The molecule has 0 bridgehead atoms. The van der Waals surface area contributed by atoms with Crippen molar-refractivity contribution in [3.05, 3.63) is 47.8 Å². The SMILES string of the molecule is COc1ccc(CNCc2cnn(CC(F)F)c2)cc1. The van der Waals surface area contributed by atoms with E-state index in [0.717, 1.165) is 16.9 Å². The molecule has 0 unspecified atom stereocenters. The second-order valence-corrected chi connectivity index (χ2v) is 4.41. The molecule has 1 N–H and O–H groups in total. The van der Waals surface area contributed by atoms with Crippen LogP contribution in [-0.4, -0.2) is 23.3 Å². The van der Waals surface area contributed by atoms with Gasteiger partial charge in [-0.05, 0) is 17.7 Å². The Labute approximate surface area is 116 Å². The summed E-state index contributed by atoms with van der Waals surface area (Å²) in [6.45, 7) is 0.928. The molecule has 0 spiro atoms. The molecule has 6 heteroatoms. The molecule has 1 aromatic heterocycles. The quantitative estimate of drug-likeness (QED) is 0.847. The van der Waals surface area contributed by atoms with Gasteiger partial charge in [-0.2, -0.15) is 5.10 Å². The average molecular weight is 281 g/mol. The van der Waals surface area contributed by atoms with Crippen molar-refractivity contribution in [1.29, 1.82) is 0 Å². The summed E-state index contributed by atoms with van der Waals surface area (Å²) >= 11 is 0. The highest BCUT2D eigenvalue weighted by molar-refractivity contribution is 5.27. The van der Waals surface area contributed by atoms with Gasteiger partial charge in [0, 0.05) is 24.8 Å². The van der Waals surface area contributed by atoms with Gasteiger partial charge >= 0.3 is 0 Å². The van der Waals surface area contributed by atoms with Gasteiger partial charge in [0.1, 0.15) is 12.3 Å². The van der Waals surface area contributed by atoms with E-state index in [2.05, 4.69) is 10.4 Å². The van der Waals surface area contributed by atoms with Crippen LogP contribution < -0.4 is 10.1 Å². The first-order chi connectivity index (χ1) is 9.67. The Hall–Kier alpha value is -1.95. The predicted molar refractivity (Wildman–Crippen MR) is 71.8 cm³/mol. The summed E-state index contributed by atoms with van der Waals surface area (Å²) in [5.41, 5.74) is 2.02. The van der Waals surface area contributed by atoms with E-state index in [0.29, 0.717) is 13.1 Å². The first-order valence-electron chi connectivity index (χ1n) is 6.30. The van der Waals surface area contributed by atoms with Crippen molar-refractivity contribution in [2.24, 2.45) is 0 Å². The molecular weight excluding hydrogens is 264 g/mol. The molecule has 0 atom stereocenters. The molecule has 0 aliphatic rings. The first kappa shape index (κ1) is 14.5. The Balaban J connectivity index is 1.78. The summed E-state index contributed by atoms with van der Waals surface area (Å²) in [7, 11) is 1.63. The molecule has 0 aliphatic carbocycles. The van der Waals surface area contributed by atoms with Crippen molar-refractivity contribution in [2.75, 3.05) is 7.11 Å². The summed E-state index contributed by atoms with van der Waals surface area (Å²) in [6.07, 6.45) is 0.853. The zero-order chi connectivity index (χ0) is 14.4. The van der Waals surface area contributed by atoms with E-state index >= 15 is 0 Å². The molecule has 4 nitrogen and oxygen atoms in total. The van der Waals surface area contributed by atoms with Crippen LogP contribution in [0.5, 0.6) is 5.75 Å². The molecule has 108 valence electrons. The van der Waals surface area contributed by atoms with Gasteiger partial charge in [-0.15, -0.1) is 0 Å². The Bertz CT molecular complexity index is 525. The minimum absolute atomic E-state index is 0.363. The van der Waals surface area contributed by atoms with Crippen molar-refractivity contribution in [1.82, 2.24) is 15.1 Å². The molecule has 2 aromatic rings.